The smallest absolute Gasteiger partial charge is 0.131 e. The maximum Gasteiger partial charge on any atom is 0.131 e. The highest BCUT2D eigenvalue weighted by Crippen LogP contribution is 2.32. The van der Waals surface area contributed by atoms with E-state index in [2.05, 4.69) is 5.32 Å². The Morgan fingerprint density at radius 1 is 1.40 bits per heavy atom. The molecule has 3 heteroatoms. The van der Waals surface area contributed by atoms with Gasteiger partial charge in [-0.1, -0.05) is 12.5 Å². The molecule has 1 saturated heterocycles. The number of nitrogens with one attached hydrogen (secondary N) is 1. The molecular formula is C12H16FNO. The summed E-state index contributed by atoms with van der Waals surface area (Å²) in [5.74, 6) is 0.475. The van der Waals surface area contributed by atoms with Crippen LogP contribution in [0.1, 0.15) is 30.9 Å². The fourth-order valence-electron chi connectivity index (χ4n) is 2.13. The Morgan fingerprint density at radius 3 is 2.93 bits per heavy atom. The molecule has 0 aromatic heterocycles. The first-order valence-corrected chi connectivity index (χ1v) is 5.38. The van der Waals surface area contributed by atoms with E-state index in [4.69, 9.17) is 4.74 Å². The summed E-state index contributed by atoms with van der Waals surface area (Å²) in [6.45, 7) is 0.960. The minimum absolute atomic E-state index is 0.106. The van der Waals surface area contributed by atoms with E-state index in [-0.39, 0.29) is 11.9 Å². The second-order valence-electron chi connectivity index (χ2n) is 3.86. The number of benzene rings is 1. The van der Waals surface area contributed by atoms with E-state index >= 15 is 0 Å². The molecule has 82 valence electrons. The van der Waals surface area contributed by atoms with Crippen LogP contribution in [-0.4, -0.2) is 13.7 Å². The van der Waals surface area contributed by atoms with Crippen molar-refractivity contribution < 1.29 is 9.13 Å². The lowest BCUT2D eigenvalue weighted by Crippen LogP contribution is -2.27. The summed E-state index contributed by atoms with van der Waals surface area (Å²) in [7, 11) is 1.58. The first kappa shape index (κ1) is 10.4. The van der Waals surface area contributed by atoms with E-state index in [9.17, 15) is 4.39 Å². The van der Waals surface area contributed by atoms with Gasteiger partial charge in [0.25, 0.3) is 0 Å². The van der Waals surface area contributed by atoms with Crippen LogP contribution in [0.4, 0.5) is 4.39 Å². The first-order chi connectivity index (χ1) is 7.33. The Bertz CT molecular complexity index is 334. The zero-order valence-corrected chi connectivity index (χ0v) is 8.92. The fraction of sp³-hybridized carbons (Fsp3) is 0.500. The van der Waals surface area contributed by atoms with Gasteiger partial charge in [-0.3, -0.25) is 0 Å². The molecule has 1 aliphatic heterocycles. The molecule has 1 heterocycles. The number of piperidine rings is 1. The average molecular weight is 209 g/mol. The van der Waals surface area contributed by atoms with Crippen LogP contribution in [0, 0.1) is 5.82 Å². The topological polar surface area (TPSA) is 21.3 Å². The highest BCUT2D eigenvalue weighted by atomic mass is 19.1. The van der Waals surface area contributed by atoms with Crippen LogP contribution in [0.5, 0.6) is 5.75 Å². The van der Waals surface area contributed by atoms with Crippen LogP contribution < -0.4 is 10.1 Å². The number of ether oxygens (including phenoxy) is 1. The standard InChI is InChI=1S/C12H16FNO/c1-15-11-7-4-5-9(13)12(11)10-6-2-3-8-14-10/h4-5,7,10,14H,2-3,6,8H2,1H3/t10-/m1/s1. The molecule has 0 aliphatic carbocycles. The van der Waals surface area contributed by atoms with Crippen LogP contribution >= 0.6 is 0 Å². The maximum atomic E-state index is 13.7. The summed E-state index contributed by atoms with van der Waals surface area (Å²) in [5, 5.41) is 3.33. The highest BCUT2D eigenvalue weighted by Gasteiger charge is 2.21. The zero-order chi connectivity index (χ0) is 10.7. The van der Waals surface area contributed by atoms with Crippen LogP contribution in [0.2, 0.25) is 0 Å². The van der Waals surface area contributed by atoms with Gasteiger partial charge in [-0.25, -0.2) is 4.39 Å². The van der Waals surface area contributed by atoms with Crippen molar-refractivity contribution in [3.8, 4) is 5.75 Å². The van der Waals surface area contributed by atoms with Gasteiger partial charge in [-0.15, -0.1) is 0 Å². The van der Waals surface area contributed by atoms with Gasteiger partial charge in [0.2, 0.25) is 0 Å². The average Bonchev–Trinajstić information content (AvgIpc) is 2.29. The quantitative estimate of drug-likeness (QED) is 0.808. The second-order valence-corrected chi connectivity index (χ2v) is 3.86. The molecule has 0 amide bonds. The van der Waals surface area contributed by atoms with Gasteiger partial charge in [-0.2, -0.15) is 0 Å². The number of halogens is 1. The molecule has 0 bridgehead atoms. The Labute approximate surface area is 89.4 Å². The van der Waals surface area contributed by atoms with E-state index in [0.29, 0.717) is 11.3 Å². The lowest BCUT2D eigenvalue weighted by molar-refractivity contribution is 0.362. The predicted octanol–water partition coefficient (Wildman–Crippen LogP) is 2.65. The summed E-state index contributed by atoms with van der Waals surface area (Å²) in [5.41, 5.74) is 0.680. The number of methoxy groups -OCH3 is 1. The summed E-state index contributed by atoms with van der Waals surface area (Å²) in [4.78, 5) is 0. The van der Waals surface area contributed by atoms with Crippen molar-refractivity contribution in [1.29, 1.82) is 0 Å². The Morgan fingerprint density at radius 2 is 2.27 bits per heavy atom. The lowest BCUT2D eigenvalue weighted by Gasteiger charge is -2.25. The predicted molar refractivity (Wildman–Crippen MR) is 57.5 cm³/mol. The largest absolute Gasteiger partial charge is 0.496 e. The zero-order valence-electron chi connectivity index (χ0n) is 8.92. The molecule has 0 radical (unpaired) electrons. The molecule has 0 unspecified atom stereocenters. The minimum Gasteiger partial charge on any atom is -0.496 e. The number of rotatable bonds is 2. The normalized spacial score (nSPS) is 21.3. The minimum atomic E-state index is -0.172. The monoisotopic (exact) mass is 209 g/mol. The molecule has 0 spiro atoms. The Balaban J connectivity index is 2.31. The van der Waals surface area contributed by atoms with Crippen LogP contribution in [-0.2, 0) is 0 Å². The van der Waals surface area contributed by atoms with Gasteiger partial charge in [-0.05, 0) is 31.5 Å². The summed E-state index contributed by atoms with van der Waals surface area (Å²) in [6, 6.07) is 5.10. The summed E-state index contributed by atoms with van der Waals surface area (Å²) in [6.07, 6.45) is 3.31. The van der Waals surface area contributed by atoms with Crippen molar-refractivity contribution in [2.45, 2.75) is 25.3 Å². The van der Waals surface area contributed by atoms with Gasteiger partial charge in [0.1, 0.15) is 11.6 Å². The van der Waals surface area contributed by atoms with Crippen molar-refractivity contribution in [1.82, 2.24) is 5.32 Å². The third-order valence-corrected chi connectivity index (χ3v) is 2.89. The van der Waals surface area contributed by atoms with Gasteiger partial charge in [0.15, 0.2) is 0 Å². The Kier molecular flexibility index (Phi) is 3.21. The number of hydrogen-bond donors (Lipinski definition) is 1. The van der Waals surface area contributed by atoms with E-state index in [1.54, 1.807) is 13.2 Å². The van der Waals surface area contributed by atoms with Gasteiger partial charge in [0.05, 0.1) is 7.11 Å². The van der Waals surface area contributed by atoms with E-state index in [1.807, 2.05) is 6.07 Å². The van der Waals surface area contributed by atoms with Crippen molar-refractivity contribution >= 4 is 0 Å². The van der Waals surface area contributed by atoms with Crippen molar-refractivity contribution in [3.05, 3.63) is 29.6 Å². The molecule has 2 nitrogen and oxygen atoms in total. The molecule has 2 rings (SSSR count). The van der Waals surface area contributed by atoms with Gasteiger partial charge in [0, 0.05) is 11.6 Å². The van der Waals surface area contributed by atoms with Crippen LogP contribution in [0.15, 0.2) is 18.2 Å². The molecule has 1 fully saturated rings. The molecular weight excluding hydrogens is 193 g/mol. The molecule has 0 saturated carbocycles. The molecule has 1 aliphatic rings. The van der Waals surface area contributed by atoms with Gasteiger partial charge >= 0.3 is 0 Å². The molecule has 1 aromatic carbocycles. The van der Waals surface area contributed by atoms with E-state index in [0.717, 1.165) is 19.4 Å². The molecule has 15 heavy (non-hydrogen) atoms. The molecule has 1 N–H and O–H groups in total. The van der Waals surface area contributed by atoms with Crippen LogP contribution in [0.25, 0.3) is 0 Å². The SMILES string of the molecule is COc1cccc(F)c1[C@H]1CCCCN1. The fourth-order valence-corrected chi connectivity index (χ4v) is 2.13. The molecule has 1 aromatic rings. The highest BCUT2D eigenvalue weighted by molar-refractivity contribution is 5.37. The van der Waals surface area contributed by atoms with Gasteiger partial charge < -0.3 is 10.1 Å². The second kappa shape index (κ2) is 4.62. The third-order valence-electron chi connectivity index (χ3n) is 2.89. The van der Waals surface area contributed by atoms with Crippen molar-refractivity contribution in [2.75, 3.05) is 13.7 Å². The third kappa shape index (κ3) is 2.12. The van der Waals surface area contributed by atoms with E-state index in [1.165, 1.54) is 12.5 Å². The maximum absolute atomic E-state index is 13.7. The Hall–Kier alpha value is -1.09. The lowest BCUT2D eigenvalue weighted by atomic mass is 9.96. The van der Waals surface area contributed by atoms with Crippen LogP contribution in [0.3, 0.4) is 0 Å². The number of hydrogen-bond acceptors (Lipinski definition) is 2. The van der Waals surface area contributed by atoms with Crippen molar-refractivity contribution in [3.63, 3.8) is 0 Å². The van der Waals surface area contributed by atoms with E-state index < -0.39 is 0 Å². The van der Waals surface area contributed by atoms with Crippen molar-refractivity contribution in [2.24, 2.45) is 0 Å². The summed E-state index contributed by atoms with van der Waals surface area (Å²) < 4.78 is 18.9. The molecule has 1 atom stereocenters. The first-order valence-electron chi connectivity index (χ1n) is 5.38. The summed E-state index contributed by atoms with van der Waals surface area (Å²) >= 11 is 0.